The third-order valence-corrected chi connectivity index (χ3v) is 6.26. The van der Waals surface area contributed by atoms with Gasteiger partial charge in [-0.25, -0.2) is 4.79 Å². The molecule has 0 saturated heterocycles. The number of fused-ring (bicyclic) bond motifs is 1. The van der Waals surface area contributed by atoms with E-state index in [-0.39, 0.29) is 42.0 Å². The van der Waals surface area contributed by atoms with E-state index in [0.29, 0.717) is 0 Å². The highest BCUT2D eigenvalue weighted by Gasteiger charge is 2.50. The molecule has 1 amide bonds. The number of esters is 1. The number of amides is 1. The summed E-state index contributed by atoms with van der Waals surface area (Å²) in [5, 5.41) is 0. The van der Waals surface area contributed by atoms with Gasteiger partial charge in [0.15, 0.2) is 5.75 Å². The Bertz CT molecular complexity index is 1270. The number of benzene rings is 2. The van der Waals surface area contributed by atoms with Crippen molar-refractivity contribution in [2.24, 2.45) is 0 Å². The number of hydrogen-bond donors (Lipinski definition) is 0. The van der Waals surface area contributed by atoms with E-state index in [0.717, 1.165) is 5.56 Å². The lowest BCUT2D eigenvalue weighted by Gasteiger charge is -2.18. The minimum atomic E-state index is -6.18. The highest BCUT2D eigenvalue weighted by Crippen LogP contribution is 2.41. The van der Waals surface area contributed by atoms with Crippen molar-refractivity contribution in [3.8, 4) is 5.75 Å². The Morgan fingerprint density at radius 1 is 1.09 bits per heavy atom. The van der Waals surface area contributed by atoms with E-state index in [1.807, 2.05) is 0 Å². The van der Waals surface area contributed by atoms with Crippen LogP contribution in [0.15, 0.2) is 30.3 Å². The van der Waals surface area contributed by atoms with E-state index >= 15 is 0 Å². The van der Waals surface area contributed by atoms with Gasteiger partial charge in [0.1, 0.15) is 0 Å². The van der Waals surface area contributed by atoms with Gasteiger partial charge >= 0.3 is 21.6 Å². The van der Waals surface area contributed by atoms with Gasteiger partial charge in [0, 0.05) is 18.7 Å². The predicted octanol–water partition coefficient (Wildman–Crippen LogP) is 3.43. The summed E-state index contributed by atoms with van der Waals surface area (Å²) in [4.78, 5) is 39.5. The number of rotatable bonds is 7. The second-order valence-electron chi connectivity index (χ2n) is 7.49. The Labute approximate surface area is 193 Å². The number of carbonyl (C=O) groups is 3. The molecule has 3 rings (SSSR count). The molecule has 0 fully saturated rings. The van der Waals surface area contributed by atoms with E-state index < -0.39 is 44.6 Å². The standard InChI is InChI=1S/C22H20F3NO7S/c1-4-32-21(29)18(27)17-13(3)16-15(12(2)19(17)33-34(30,31)22(23,24)25)11-26(20(16)28)10-14-8-6-5-7-9-14/h5-9H,4,10-11H2,1-3H3. The summed E-state index contributed by atoms with van der Waals surface area (Å²) in [6.07, 6.45) is 0. The van der Waals surface area contributed by atoms with Crippen LogP contribution in [0.4, 0.5) is 13.2 Å². The first-order valence-corrected chi connectivity index (χ1v) is 11.4. The molecule has 0 unspecified atom stereocenters. The van der Waals surface area contributed by atoms with Crippen LogP contribution >= 0.6 is 0 Å². The zero-order valence-electron chi connectivity index (χ0n) is 18.4. The molecule has 0 atom stereocenters. The van der Waals surface area contributed by atoms with Crippen LogP contribution in [-0.4, -0.2) is 43.1 Å². The first-order valence-electron chi connectivity index (χ1n) is 10.0. The molecule has 0 aromatic heterocycles. The summed E-state index contributed by atoms with van der Waals surface area (Å²) < 4.78 is 71.7. The predicted molar refractivity (Wildman–Crippen MR) is 113 cm³/mol. The van der Waals surface area contributed by atoms with Crippen molar-refractivity contribution >= 4 is 27.8 Å². The fourth-order valence-electron chi connectivity index (χ4n) is 3.71. The average Bonchev–Trinajstić information content (AvgIpc) is 3.08. The van der Waals surface area contributed by atoms with E-state index in [1.165, 1.54) is 25.7 Å². The van der Waals surface area contributed by atoms with Gasteiger partial charge in [-0.15, -0.1) is 0 Å². The maximum Gasteiger partial charge on any atom is 0.534 e. The SMILES string of the molecule is CCOC(=O)C(=O)c1c(C)c2c(c(C)c1OS(=O)(=O)C(F)(F)F)CN(Cc1ccccc1)C2=O. The summed E-state index contributed by atoms with van der Waals surface area (Å²) in [6, 6.07) is 8.87. The van der Waals surface area contributed by atoms with Crippen molar-refractivity contribution in [1.29, 1.82) is 0 Å². The molecule has 0 aliphatic carbocycles. The molecule has 0 spiro atoms. The second kappa shape index (κ2) is 9.09. The van der Waals surface area contributed by atoms with Crippen LogP contribution in [-0.2, 0) is 32.7 Å². The van der Waals surface area contributed by atoms with Gasteiger partial charge in [-0.1, -0.05) is 30.3 Å². The van der Waals surface area contributed by atoms with E-state index in [9.17, 15) is 36.0 Å². The van der Waals surface area contributed by atoms with Crippen molar-refractivity contribution in [3.05, 3.63) is 63.7 Å². The Balaban J connectivity index is 2.18. The number of nitrogens with zero attached hydrogens (tertiary/aromatic N) is 1. The van der Waals surface area contributed by atoms with Gasteiger partial charge < -0.3 is 13.8 Å². The fraction of sp³-hybridized carbons (Fsp3) is 0.318. The normalized spacial score (nSPS) is 13.6. The molecule has 2 aromatic rings. The monoisotopic (exact) mass is 499 g/mol. The maximum atomic E-state index is 13.2. The Morgan fingerprint density at radius 3 is 2.26 bits per heavy atom. The lowest BCUT2D eigenvalue weighted by atomic mass is 9.91. The Kier molecular flexibility index (Phi) is 6.74. The number of alkyl halides is 3. The zero-order chi connectivity index (χ0) is 25.4. The van der Waals surface area contributed by atoms with Crippen LogP contribution in [0.3, 0.4) is 0 Å². The largest absolute Gasteiger partial charge is 0.534 e. The van der Waals surface area contributed by atoms with Gasteiger partial charge in [0.2, 0.25) is 0 Å². The topological polar surface area (TPSA) is 107 Å². The van der Waals surface area contributed by atoms with E-state index in [1.54, 1.807) is 30.3 Å². The maximum absolute atomic E-state index is 13.2. The first-order chi connectivity index (χ1) is 15.8. The van der Waals surface area contributed by atoms with Crippen molar-refractivity contribution in [1.82, 2.24) is 4.90 Å². The van der Waals surface area contributed by atoms with Gasteiger partial charge in [0.05, 0.1) is 12.2 Å². The minimum Gasteiger partial charge on any atom is -0.460 e. The first kappa shape index (κ1) is 25.2. The highest BCUT2D eigenvalue weighted by molar-refractivity contribution is 7.88. The van der Waals surface area contributed by atoms with Crippen molar-refractivity contribution in [2.45, 2.75) is 39.4 Å². The third-order valence-electron chi connectivity index (χ3n) is 5.30. The number of ketones is 1. The number of hydrogen-bond acceptors (Lipinski definition) is 7. The minimum absolute atomic E-state index is 0.00200. The molecule has 8 nitrogen and oxygen atoms in total. The zero-order valence-corrected chi connectivity index (χ0v) is 19.2. The Morgan fingerprint density at radius 2 is 1.71 bits per heavy atom. The lowest BCUT2D eigenvalue weighted by Crippen LogP contribution is -2.30. The molecule has 1 aliphatic heterocycles. The molecule has 0 radical (unpaired) electrons. The van der Waals surface area contributed by atoms with E-state index in [2.05, 4.69) is 8.92 Å². The lowest BCUT2D eigenvalue weighted by molar-refractivity contribution is -0.137. The van der Waals surface area contributed by atoms with Gasteiger partial charge in [-0.05, 0) is 43.0 Å². The number of halogens is 3. The van der Waals surface area contributed by atoms with Crippen LogP contribution in [0.5, 0.6) is 5.75 Å². The van der Waals surface area contributed by atoms with E-state index in [4.69, 9.17) is 0 Å². The smallest absolute Gasteiger partial charge is 0.460 e. The molecule has 34 heavy (non-hydrogen) atoms. The summed E-state index contributed by atoms with van der Waals surface area (Å²) >= 11 is 0. The quantitative estimate of drug-likeness (QED) is 0.189. The summed E-state index contributed by atoms with van der Waals surface area (Å²) in [7, 11) is -6.18. The molecule has 1 heterocycles. The van der Waals surface area contributed by atoms with Crippen LogP contribution in [0, 0.1) is 13.8 Å². The molecule has 0 saturated carbocycles. The molecular weight excluding hydrogens is 479 g/mol. The van der Waals surface area contributed by atoms with Gasteiger partial charge in [-0.3, -0.25) is 9.59 Å². The van der Waals surface area contributed by atoms with Gasteiger partial charge in [0.25, 0.3) is 11.7 Å². The molecule has 0 bridgehead atoms. The highest BCUT2D eigenvalue weighted by atomic mass is 32.2. The van der Waals surface area contributed by atoms with Crippen LogP contribution in [0.25, 0.3) is 0 Å². The number of ether oxygens (including phenoxy) is 1. The summed E-state index contributed by atoms with van der Waals surface area (Å²) in [5.41, 5.74) is -5.93. The summed E-state index contributed by atoms with van der Waals surface area (Å²) in [6.45, 7) is 3.75. The molecule has 0 N–H and O–H groups in total. The molecule has 182 valence electrons. The Hall–Kier alpha value is -3.41. The number of Topliss-reactive ketones (excluding diaryl/α,β-unsaturated/α-hetero) is 1. The molecular formula is C22H20F3NO7S. The third kappa shape index (κ3) is 4.49. The molecule has 2 aromatic carbocycles. The number of carbonyl (C=O) groups excluding carboxylic acids is 3. The van der Waals surface area contributed by atoms with Crippen molar-refractivity contribution in [2.75, 3.05) is 6.61 Å². The van der Waals surface area contributed by atoms with Crippen LogP contribution < -0.4 is 4.18 Å². The summed E-state index contributed by atoms with van der Waals surface area (Å²) in [5.74, 6) is -4.33. The van der Waals surface area contributed by atoms with Crippen LogP contribution in [0.1, 0.15) is 49.9 Å². The molecule has 1 aliphatic rings. The van der Waals surface area contributed by atoms with Gasteiger partial charge in [-0.2, -0.15) is 21.6 Å². The average molecular weight is 499 g/mol. The van der Waals surface area contributed by atoms with Crippen molar-refractivity contribution < 1.29 is 44.9 Å². The van der Waals surface area contributed by atoms with Crippen molar-refractivity contribution in [3.63, 3.8) is 0 Å². The van der Waals surface area contributed by atoms with Crippen LogP contribution in [0.2, 0.25) is 0 Å². The molecule has 12 heteroatoms. The second-order valence-corrected chi connectivity index (χ2v) is 9.03. The fourth-order valence-corrected chi connectivity index (χ4v) is 4.23.